The van der Waals surface area contributed by atoms with Crippen molar-refractivity contribution >= 4 is 11.6 Å². The van der Waals surface area contributed by atoms with Gasteiger partial charge in [0.25, 0.3) is 0 Å². The highest BCUT2D eigenvalue weighted by molar-refractivity contribution is 5.64. The molecule has 1 aliphatic heterocycles. The van der Waals surface area contributed by atoms with E-state index in [9.17, 15) is 0 Å². The average Bonchev–Trinajstić information content (AvgIpc) is 2.47. The van der Waals surface area contributed by atoms with Gasteiger partial charge in [0.15, 0.2) is 11.6 Å². The van der Waals surface area contributed by atoms with Gasteiger partial charge in [0.1, 0.15) is 6.33 Å². The molecule has 6 nitrogen and oxygen atoms in total. The summed E-state index contributed by atoms with van der Waals surface area (Å²) < 4.78 is 10.8. The zero-order valence-electron chi connectivity index (χ0n) is 11.8. The van der Waals surface area contributed by atoms with Crippen molar-refractivity contribution in [3.05, 3.63) is 6.33 Å². The maximum absolute atomic E-state index is 5.42. The highest BCUT2D eigenvalue weighted by Crippen LogP contribution is 2.31. The summed E-state index contributed by atoms with van der Waals surface area (Å²) in [4.78, 5) is 10.6. The zero-order chi connectivity index (χ0) is 13.7. The second kappa shape index (κ2) is 6.56. The van der Waals surface area contributed by atoms with Crippen LogP contribution in [0.4, 0.5) is 11.6 Å². The lowest BCUT2D eigenvalue weighted by Crippen LogP contribution is -2.30. The van der Waals surface area contributed by atoms with Gasteiger partial charge in [0, 0.05) is 33.9 Å². The minimum absolute atomic E-state index is 0.649. The summed E-state index contributed by atoms with van der Waals surface area (Å²) in [6, 6.07) is 0. The Morgan fingerprint density at radius 3 is 2.79 bits per heavy atom. The van der Waals surface area contributed by atoms with Crippen LogP contribution >= 0.6 is 0 Å². The van der Waals surface area contributed by atoms with Crippen LogP contribution in [-0.4, -0.2) is 50.9 Å². The van der Waals surface area contributed by atoms with E-state index < -0.39 is 0 Å². The lowest BCUT2D eigenvalue weighted by molar-refractivity contribution is 0.0684. The van der Waals surface area contributed by atoms with Crippen molar-refractivity contribution in [2.24, 2.45) is 5.92 Å². The highest BCUT2D eigenvalue weighted by atomic mass is 16.5. The molecule has 19 heavy (non-hydrogen) atoms. The number of hydrogen-bond donors (Lipinski definition) is 1. The Balaban J connectivity index is 2.11. The minimum Gasteiger partial charge on any atom is -0.490 e. The number of rotatable bonds is 5. The molecule has 6 heteroatoms. The van der Waals surface area contributed by atoms with Crippen LogP contribution in [-0.2, 0) is 4.74 Å². The number of ether oxygens (including phenoxy) is 2. The topological polar surface area (TPSA) is 59.5 Å². The van der Waals surface area contributed by atoms with E-state index >= 15 is 0 Å². The van der Waals surface area contributed by atoms with Crippen LogP contribution in [0.2, 0.25) is 0 Å². The first-order valence-electron chi connectivity index (χ1n) is 6.62. The molecule has 2 heterocycles. The highest BCUT2D eigenvalue weighted by Gasteiger charge is 2.20. The summed E-state index contributed by atoms with van der Waals surface area (Å²) in [6.45, 7) is 2.68. The molecule has 1 aliphatic rings. The monoisotopic (exact) mass is 266 g/mol. The molecule has 0 bridgehead atoms. The lowest BCUT2D eigenvalue weighted by Gasteiger charge is -2.28. The van der Waals surface area contributed by atoms with E-state index in [1.165, 1.54) is 0 Å². The van der Waals surface area contributed by atoms with Gasteiger partial charge in [-0.1, -0.05) is 0 Å². The van der Waals surface area contributed by atoms with Crippen molar-refractivity contribution < 1.29 is 9.47 Å². The number of aromatic nitrogens is 2. The third kappa shape index (κ3) is 3.26. The standard InChI is InChI=1S/C13H22N4O2/c1-14-12-11(18-3)13(16-9-15-12)17(2)8-10-4-6-19-7-5-10/h9-10H,4-8H2,1-3H3,(H,14,15,16). The molecule has 1 saturated heterocycles. The Morgan fingerprint density at radius 2 is 2.16 bits per heavy atom. The Morgan fingerprint density at radius 1 is 1.42 bits per heavy atom. The molecule has 2 rings (SSSR count). The molecule has 0 aliphatic carbocycles. The fourth-order valence-electron chi connectivity index (χ4n) is 2.41. The zero-order valence-corrected chi connectivity index (χ0v) is 11.8. The van der Waals surface area contributed by atoms with Crippen molar-refractivity contribution in [1.82, 2.24) is 9.97 Å². The van der Waals surface area contributed by atoms with Crippen LogP contribution < -0.4 is 15.0 Å². The smallest absolute Gasteiger partial charge is 0.204 e. The molecule has 0 unspecified atom stereocenters. The SMILES string of the molecule is CNc1ncnc(N(C)CC2CCOCC2)c1OC. The Kier molecular flexibility index (Phi) is 4.79. The predicted octanol–water partition coefficient (Wildman–Crippen LogP) is 1.39. The Labute approximate surface area is 114 Å². The lowest BCUT2D eigenvalue weighted by atomic mass is 10.00. The molecule has 0 radical (unpaired) electrons. The third-order valence-corrected chi connectivity index (χ3v) is 3.46. The largest absolute Gasteiger partial charge is 0.490 e. The fourth-order valence-corrected chi connectivity index (χ4v) is 2.41. The van der Waals surface area contributed by atoms with Crippen molar-refractivity contribution in [3.8, 4) is 5.75 Å². The summed E-state index contributed by atoms with van der Waals surface area (Å²) in [7, 11) is 5.51. The van der Waals surface area contributed by atoms with Crippen LogP contribution in [0, 0.1) is 5.92 Å². The molecule has 0 atom stereocenters. The first kappa shape index (κ1) is 13.9. The average molecular weight is 266 g/mol. The molecule has 0 saturated carbocycles. The number of anilines is 2. The quantitative estimate of drug-likeness (QED) is 0.869. The van der Waals surface area contributed by atoms with Gasteiger partial charge >= 0.3 is 0 Å². The normalized spacial score (nSPS) is 16.2. The first-order chi connectivity index (χ1) is 9.26. The Bertz CT molecular complexity index is 408. The number of nitrogens with one attached hydrogen (secondary N) is 1. The van der Waals surface area contributed by atoms with E-state index in [-0.39, 0.29) is 0 Å². The van der Waals surface area contributed by atoms with Crippen molar-refractivity contribution in [3.63, 3.8) is 0 Å². The van der Waals surface area contributed by atoms with Crippen LogP contribution in [0.25, 0.3) is 0 Å². The second-order valence-electron chi connectivity index (χ2n) is 4.77. The molecule has 0 spiro atoms. The maximum Gasteiger partial charge on any atom is 0.204 e. The van der Waals surface area contributed by atoms with Gasteiger partial charge in [-0.05, 0) is 18.8 Å². The number of hydrogen-bond acceptors (Lipinski definition) is 6. The molecular weight excluding hydrogens is 244 g/mol. The summed E-state index contributed by atoms with van der Waals surface area (Å²) in [5, 5.41) is 3.02. The Hall–Kier alpha value is -1.56. The molecule has 1 aromatic rings. The summed E-state index contributed by atoms with van der Waals surface area (Å²) in [5.74, 6) is 2.88. The second-order valence-corrected chi connectivity index (χ2v) is 4.77. The molecule has 1 fully saturated rings. The number of nitrogens with zero attached hydrogens (tertiary/aromatic N) is 3. The van der Waals surface area contributed by atoms with Gasteiger partial charge < -0.3 is 19.7 Å². The fraction of sp³-hybridized carbons (Fsp3) is 0.692. The van der Waals surface area contributed by atoms with Gasteiger partial charge in [-0.15, -0.1) is 0 Å². The van der Waals surface area contributed by atoms with Gasteiger partial charge in [-0.2, -0.15) is 0 Å². The first-order valence-corrected chi connectivity index (χ1v) is 6.62. The van der Waals surface area contributed by atoms with E-state index in [4.69, 9.17) is 9.47 Å². The minimum atomic E-state index is 0.649. The van der Waals surface area contributed by atoms with Crippen LogP contribution in [0.3, 0.4) is 0 Å². The van der Waals surface area contributed by atoms with Gasteiger partial charge in [-0.3, -0.25) is 0 Å². The molecule has 1 aromatic heterocycles. The van der Waals surface area contributed by atoms with Crippen LogP contribution in [0.1, 0.15) is 12.8 Å². The van der Waals surface area contributed by atoms with Crippen molar-refractivity contribution in [2.45, 2.75) is 12.8 Å². The van der Waals surface area contributed by atoms with Gasteiger partial charge in [0.2, 0.25) is 5.75 Å². The van der Waals surface area contributed by atoms with Crippen LogP contribution in [0.5, 0.6) is 5.75 Å². The summed E-state index contributed by atoms with van der Waals surface area (Å²) >= 11 is 0. The van der Waals surface area contributed by atoms with Gasteiger partial charge in [0.05, 0.1) is 7.11 Å². The predicted molar refractivity (Wildman–Crippen MR) is 74.9 cm³/mol. The molecular formula is C13H22N4O2. The van der Waals surface area contributed by atoms with E-state index in [0.717, 1.165) is 38.4 Å². The molecule has 0 aromatic carbocycles. The molecule has 0 amide bonds. The molecule has 1 N–H and O–H groups in total. The third-order valence-electron chi connectivity index (χ3n) is 3.46. The summed E-state index contributed by atoms with van der Waals surface area (Å²) in [6.07, 6.45) is 3.78. The van der Waals surface area contributed by atoms with Crippen molar-refractivity contribution in [1.29, 1.82) is 0 Å². The van der Waals surface area contributed by atoms with E-state index in [2.05, 4.69) is 20.2 Å². The van der Waals surface area contributed by atoms with E-state index in [1.807, 2.05) is 14.1 Å². The molecule has 106 valence electrons. The summed E-state index contributed by atoms with van der Waals surface area (Å²) in [5.41, 5.74) is 0. The van der Waals surface area contributed by atoms with Crippen molar-refractivity contribution in [2.75, 3.05) is 51.2 Å². The van der Waals surface area contributed by atoms with E-state index in [1.54, 1.807) is 13.4 Å². The van der Waals surface area contributed by atoms with Crippen LogP contribution in [0.15, 0.2) is 6.33 Å². The van der Waals surface area contributed by atoms with E-state index in [0.29, 0.717) is 17.5 Å². The van der Waals surface area contributed by atoms with Gasteiger partial charge in [-0.25, -0.2) is 9.97 Å². The number of methoxy groups -OCH3 is 1. The maximum atomic E-state index is 5.42.